The van der Waals surface area contributed by atoms with Crippen molar-refractivity contribution in [2.45, 2.75) is 51.5 Å². The summed E-state index contributed by atoms with van der Waals surface area (Å²) in [5.74, 6) is 0.334. The summed E-state index contributed by atoms with van der Waals surface area (Å²) in [6.45, 7) is 3.72. The normalized spacial score (nSPS) is 13.5. The Labute approximate surface area is 249 Å². The van der Waals surface area contributed by atoms with Crippen molar-refractivity contribution in [3.63, 3.8) is 0 Å². The summed E-state index contributed by atoms with van der Waals surface area (Å²) in [4.78, 5) is 27.8. The summed E-state index contributed by atoms with van der Waals surface area (Å²) in [5.41, 5.74) is 3.95. The van der Waals surface area contributed by atoms with Gasteiger partial charge < -0.3 is 20.1 Å². The van der Waals surface area contributed by atoms with Crippen molar-refractivity contribution in [1.82, 2.24) is 15.2 Å². The smallest absolute Gasteiger partial charge is 0.429 e. The number of hydrogen-bond acceptors (Lipinski definition) is 6. The van der Waals surface area contributed by atoms with Crippen molar-refractivity contribution >= 4 is 17.7 Å². The van der Waals surface area contributed by atoms with Crippen LogP contribution in [0.25, 0.3) is 11.1 Å². The van der Waals surface area contributed by atoms with E-state index in [-0.39, 0.29) is 18.3 Å². The second kappa shape index (κ2) is 16.5. The van der Waals surface area contributed by atoms with E-state index < -0.39 is 6.09 Å². The fraction of sp³-hybridized carbons (Fsp3) is 0.412. The van der Waals surface area contributed by atoms with Gasteiger partial charge in [-0.15, -0.1) is 0 Å². The molecule has 3 aromatic rings. The number of amides is 2. The topological polar surface area (TPSA) is 85.4 Å². The molecular formula is C34H44N4O4. The van der Waals surface area contributed by atoms with E-state index in [1.54, 1.807) is 29.1 Å². The number of aromatic hydroxyl groups is 1. The highest BCUT2D eigenvalue weighted by Crippen LogP contribution is 2.33. The van der Waals surface area contributed by atoms with Crippen molar-refractivity contribution in [1.29, 1.82) is 0 Å². The first kappa shape index (κ1) is 31.1. The van der Waals surface area contributed by atoms with Crippen LogP contribution in [-0.2, 0) is 16.1 Å². The Kier molecular flexibility index (Phi) is 12.2. The third-order valence-corrected chi connectivity index (χ3v) is 7.59. The summed E-state index contributed by atoms with van der Waals surface area (Å²) >= 11 is 0. The summed E-state index contributed by atoms with van der Waals surface area (Å²) in [7, 11) is 1.77. The molecule has 1 aliphatic heterocycles. The van der Waals surface area contributed by atoms with Gasteiger partial charge in [-0.05, 0) is 61.6 Å². The van der Waals surface area contributed by atoms with Crippen LogP contribution in [0.15, 0.2) is 78.9 Å². The van der Waals surface area contributed by atoms with Crippen LogP contribution < -0.4 is 10.3 Å². The Morgan fingerprint density at radius 1 is 0.881 bits per heavy atom. The number of nitrogens with one attached hydrogen (secondary N) is 1. The maximum atomic E-state index is 13.5. The van der Waals surface area contributed by atoms with Crippen molar-refractivity contribution in [2.75, 3.05) is 44.8 Å². The van der Waals surface area contributed by atoms with Gasteiger partial charge in [0.25, 0.3) is 0 Å². The van der Waals surface area contributed by atoms with E-state index in [1.807, 2.05) is 66.7 Å². The Balaban J connectivity index is 1.22. The minimum atomic E-state index is -0.416. The lowest BCUT2D eigenvalue weighted by atomic mass is 10.0. The quantitative estimate of drug-likeness (QED) is 0.223. The van der Waals surface area contributed by atoms with Gasteiger partial charge in [-0.3, -0.25) is 4.79 Å². The molecule has 0 bridgehead atoms. The molecule has 1 heterocycles. The average molecular weight is 573 g/mol. The first-order valence-corrected chi connectivity index (χ1v) is 15.1. The molecule has 4 rings (SSSR count). The monoisotopic (exact) mass is 572 g/mol. The van der Waals surface area contributed by atoms with Crippen LogP contribution in [-0.4, -0.2) is 66.8 Å². The van der Waals surface area contributed by atoms with E-state index in [1.165, 1.54) is 0 Å². The fourth-order valence-corrected chi connectivity index (χ4v) is 5.16. The summed E-state index contributed by atoms with van der Waals surface area (Å²) in [5, 5.41) is 16.5. The lowest BCUT2D eigenvalue weighted by Crippen LogP contribution is -2.50. The SMILES string of the molecule is CN(CCOC(=O)N(c1ccccc1-c1ccccc1)N1CCCCC1)C(=O)CCCCCNCc1ccc(O)cc1. The van der Waals surface area contributed by atoms with Gasteiger partial charge in [0.15, 0.2) is 0 Å². The minimum Gasteiger partial charge on any atom is -0.508 e. The van der Waals surface area contributed by atoms with Gasteiger partial charge in [0.2, 0.25) is 5.91 Å². The van der Waals surface area contributed by atoms with E-state index in [9.17, 15) is 14.7 Å². The van der Waals surface area contributed by atoms with Crippen LogP contribution in [0.4, 0.5) is 10.5 Å². The summed E-state index contributed by atoms with van der Waals surface area (Å²) < 4.78 is 5.77. The number of phenols is 1. The highest BCUT2D eigenvalue weighted by Gasteiger charge is 2.28. The number of carbonyl (C=O) groups is 2. The number of likely N-dealkylation sites (N-methyl/N-ethyl adjacent to an activating group) is 1. The predicted octanol–water partition coefficient (Wildman–Crippen LogP) is 6.21. The van der Waals surface area contributed by atoms with Gasteiger partial charge in [-0.2, -0.15) is 0 Å². The van der Waals surface area contributed by atoms with Gasteiger partial charge in [0.05, 0.1) is 12.2 Å². The van der Waals surface area contributed by atoms with Crippen LogP contribution in [0, 0.1) is 0 Å². The molecule has 0 atom stereocenters. The second-order valence-electron chi connectivity index (χ2n) is 10.8. The highest BCUT2D eigenvalue weighted by atomic mass is 16.6. The predicted molar refractivity (Wildman–Crippen MR) is 167 cm³/mol. The number of hydrogen-bond donors (Lipinski definition) is 2. The zero-order chi connectivity index (χ0) is 29.6. The van der Waals surface area contributed by atoms with Gasteiger partial charge >= 0.3 is 6.09 Å². The number of carbonyl (C=O) groups excluding carboxylic acids is 2. The van der Waals surface area contributed by atoms with Gasteiger partial charge in [-0.25, -0.2) is 14.8 Å². The van der Waals surface area contributed by atoms with Crippen molar-refractivity contribution in [3.8, 4) is 16.9 Å². The molecule has 2 amide bonds. The molecule has 0 saturated carbocycles. The number of benzene rings is 3. The first-order valence-electron chi connectivity index (χ1n) is 15.1. The molecular weight excluding hydrogens is 528 g/mol. The van der Waals surface area contributed by atoms with E-state index in [0.717, 1.165) is 87.1 Å². The number of unbranched alkanes of at least 4 members (excludes halogenated alkanes) is 2. The fourth-order valence-electron chi connectivity index (χ4n) is 5.16. The molecule has 0 aromatic heterocycles. The molecule has 42 heavy (non-hydrogen) atoms. The number of piperidine rings is 1. The largest absolute Gasteiger partial charge is 0.508 e. The lowest BCUT2D eigenvalue weighted by molar-refractivity contribution is -0.130. The lowest BCUT2D eigenvalue weighted by Gasteiger charge is -2.37. The Hall–Kier alpha value is -3.88. The van der Waals surface area contributed by atoms with Crippen molar-refractivity contribution < 1.29 is 19.4 Å². The van der Waals surface area contributed by atoms with Gasteiger partial charge in [0, 0.05) is 38.7 Å². The number of para-hydroxylation sites is 1. The number of phenolic OH excluding ortho intramolecular Hbond substituents is 1. The Morgan fingerprint density at radius 3 is 2.36 bits per heavy atom. The summed E-state index contributed by atoms with van der Waals surface area (Å²) in [6.07, 6.45) is 6.05. The molecule has 0 radical (unpaired) electrons. The number of ether oxygens (including phenoxy) is 1. The molecule has 8 heteroatoms. The third kappa shape index (κ3) is 9.33. The number of anilines is 1. The second-order valence-corrected chi connectivity index (χ2v) is 10.8. The van der Waals surface area contributed by atoms with E-state index in [0.29, 0.717) is 13.0 Å². The van der Waals surface area contributed by atoms with Crippen LogP contribution >= 0.6 is 0 Å². The zero-order valence-electron chi connectivity index (χ0n) is 24.7. The maximum absolute atomic E-state index is 13.5. The molecule has 224 valence electrons. The first-order chi connectivity index (χ1) is 20.5. The maximum Gasteiger partial charge on any atom is 0.429 e. The van der Waals surface area contributed by atoms with E-state index >= 15 is 0 Å². The molecule has 8 nitrogen and oxygen atoms in total. The van der Waals surface area contributed by atoms with Crippen molar-refractivity contribution in [3.05, 3.63) is 84.4 Å². The molecule has 1 aliphatic rings. The van der Waals surface area contributed by atoms with E-state index in [4.69, 9.17) is 4.74 Å². The van der Waals surface area contributed by atoms with Crippen LogP contribution in [0.2, 0.25) is 0 Å². The highest BCUT2D eigenvalue weighted by molar-refractivity contribution is 5.93. The molecule has 1 fully saturated rings. The number of nitrogens with zero attached hydrogens (tertiary/aromatic N) is 3. The number of hydrazine groups is 1. The van der Waals surface area contributed by atoms with Crippen LogP contribution in [0.1, 0.15) is 50.5 Å². The molecule has 0 spiro atoms. The zero-order valence-corrected chi connectivity index (χ0v) is 24.7. The molecule has 0 aliphatic carbocycles. The third-order valence-electron chi connectivity index (χ3n) is 7.59. The molecule has 3 aromatic carbocycles. The Bertz CT molecular complexity index is 1250. The van der Waals surface area contributed by atoms with Crippen molar-refractivity contribution in [2.24, 2.45) is 0 Å². The van der Waals surface area contributed by atoms with Crippen LogP contribution in [0.3, 0.4) is 0 Å². The number of rotatable bonds is 14. The molecule has 2 N–H and O–H groups in total. The minimum absolute atomic E-state index is 0.0606. The summed E-state index contributed by atoms with van der Waals surface area (Å²) in [6, 6.07) is 25.2. The average Bonchev–Trinajstić information content (AvgIpc) is 3.02. The molecule has 0 unspecified atom stereocenters. The van der Waals surface area contributed by atoms with Gasteiger partial charge in [0.1, 0.15) is 12.4 Å². The van der Waals surface area contributed by atoms with E-state index in [2.05, 4.69) is 10.3 Å². The van der Waals surface area contributed by atoms with Crippen LogP contribution in [0.5, 0.6) is 5.75 Å². The molecule has 1 saturated heterocycles. The van der Waals surface area contributed by atoms with Gasteiger partial charge in [-0.1, -0.05) is 73.5 Å². The Morgan fingerprint density at radius 2 is 1.60 bits per heavy atom. The standard InChI is InChI=1S/C34H44N4O4/c1-36(33(40)17-7-3-10-22-35-27-28-18-20-30(39)21-19-28)25-26-42-34(41)38(37-23-11-4-12-24-37)32-16-9-8-15-31(32)29-13-5-2-6-14-29/h2,5-6,8-9,13-16,18-21,35,39H,3-4,7,10-12,17,22-27H2,1H3.